The van der Waals surface area contributed by atoms with Crippen LogP contribution < -0.4 is 0 Å². The van der Waals surface area contributed by atoms with Gasteiger partial charge in [-0.2, -0.15) is 11.8 Å². The van der Waals surface area contributed by atoms with Gasteiger partial charge in [-0.15, -0.1) is 0 Å². The minimum Gasteiger partial charge on any atom is -0.303 e. The zero-order chi connectivity index (χ0) is 8.74. The third kappa shape index (κ3) is 9.97. The van der Waals surface area contributed by atoms with E-state index in [0.717, 1.165) is 12.0 Å². The number of aldehydes is 1. The Labute approximate surface area is 71.5 Å². The molecule has 0 spiro atoms. The molecule has 0 aromatic carbocycles. The number of hydrogen-bond acceptors (Lipinski definition) is 4. The number of carbonyl (C=O) groups excluding carboxylic acids is 1. The number of thioether (sulfide) groups is 1. The minimum absolute atomic E-state index is 0.205. The van der Waals surface area contributed by atoms with E-state index in [9.17, 15) is 13.2 Å². The molecule has 0 fully saturated rings. The maximum Gasteiger partial charge on any atom is 0.148 e. The summed E-state index contributed by atoms with van der Waals surface area (Å²) in [6.07, 6.45) is 2.56. The molecule has 0 aliphatic carbocycles. The lowest BCUT2D eigenvalue weighted by Gasteiger charge is -1.96. The van der Waals surface area contributed by atoms with E-state index in [1.54, 1.807) is 0 Å². The number of rotatable bonds is 6. The van der Waals surface area contributed by atoms with Gasteiger partial charge in [0.2, 0.25) is 0 Å². The lowest BCUT2D eigenvalue weighted by atomic mass is 10.6. The molecule has 0 radical (unpaired) electrons. The van der Waals surface area contributed by atoms with Gasteiger partial charge in [0.05, 0.1) is 5.75 Å². The second kappa shape index (κ2) is 5.60. The molecule has 0 N–H and O–H groups in total. The quantitative estimate of drug-likeness (QED) is 0.454. The van der Waals surface area contributed by atoms with E-state index in [-0.39, 0.29) is 5.75 Å². The first kappa shape index (κ1) is 11.0. The van der Waals surface area contributed by atoms with Crippen LogP contribution in [0.4, 0.5) is 0 Å². The summed E-state index contributed by atoms with van der Waals surface area (Å²) in [5.74, 6) is 1.52. The Balaban J connectivity index is 3.22. The first-order chi connectivity index (χ1) is 5.06. The van der Waals surface area contributed by atoms with Crippen LogP contribution in [0, 0.1) is 0 Å². The molecule has 0 aliphatic rings. The molecule has 0 bridgehead atoms. The van der Waals surface area contributed by atoms with E-state index in [0.29, 0.717) is 12.2 Å². The average Bonchev–Trinajstić information content (AvgIpc) is 1.85. The second-order valence-corrected chi connectivity index (χ2v) is 5.68. The molecule has 0 saturated heterocycles. The van der Waals surface area contributed by atoms with Gasteiger partial charge in [0.1, 0.15) is 16.1 Å². The normalized spacial score (nSPS) is 11.4. The Hall–Kier alpha value is -0.0300. The molecule has 0 saturated carbocycles. The highest BCUT2D eigenvalue weighted by atomic mass is 32.2. The molecule has 0 amide bonds. The van der Waals surface area contributed by atoms with E-state index in [4.69, 9.17) is 0 Å². The first-order valence-corrected chi connectivity index (χ1v) is 6.47. The predicted molar refractivity (Wildman–Crippen MR) is 47.7 cm³/mol. The van der Waals surface area contributed by atoms with Crippen LogP contribution in [0.5, 0.6) is 0 Å². The lowest BCUT2D eigenvalue weighted by Crippen LogP contribution is -2.05. The second-order valence-electron chi connectivity index (χ2n) is 2.20. The van der Waals surface area contributed by atoms with E-state index >= 15 is 0 Å². The molecule has 0 unspecified atom stereocenters. The van der Waals surface area contributed by atoms with Crippen molar-refractivity contribution >= 4 is 27.9 Å². The van der Waals surface area contributed by atoms with E-state index in [1.807, 2.05) is 0 Å². The first-order valence-electron chi connectivity index (χ1n) is 3.25. The van der Waals surface area contributed by atoms with Crippen LogP contribution in [-0.4, -0.2) is 38.2 Å². The van der Waals surface area contributed by atoms with Crippen molar-refractivity contribution in [3.63, 3.8) is 0 Å². The van der Waals surface area contributed by atoms with Gasteiger partial charge in [-0.1, -0.05) is 0 Å². The molecule has 5 heteroatoms. The Morgan fingerprint density at radius 2 is 2.00 bits per heavy atom. The standard InChI is InChI=1S/C6H12O3S2/c1-11(8,9)6-5-10-4-2-3-7/h3H,2,4-6H2,1H3. The molecule has 0 aromatic rings. The van der Waals surface area contributed by atoms with Crippen LogP contribution in [0.3, 0.4) is 0 Å². The smallest absolute Gasteiger partial charge is 0.148 e. The Bertz CT molecular complexity index is 196. The highest BCUT2D eigenvalue weighted by Gasteiger charge is 2.00. The average molecular weight is 196 g/mol. The molecule has 0 atom stereocenters. The van der Waals surface area contributed by atoms with E-state index < -0.39 is 9.84 Å². The van der Waals surface area contributed by atoms with Crippen LogP contribution in [0.25, 0.3) is 0 Å². The molecule has 0 aromatic heterocycles. The predicted octanol–water partition coefficient (Wildman–Crippen LogP) is 0.353. The largest absolute Gasteiger partial charge is 0.303 e. The van der Waals surface area contributed by atoms with Gasteiger partial charge < -0.3 is 4.79 Å². The molecule has 66 valence electrons. The van der Waals surface area contributed by atoms with Gasteiger partial charge in [0.15, 0.2) is 0 Å². The summed E-state index contributed by atoms with van der Waals surface area (Å²) in [7, 11) is -2.82. The van der Waals surface area contributed by atoms with Crippen LogP contribution in [0.2, 0.25) is 0 Å². The highest BCUT2D eigenvalue weighted by molar-refractivity contribution is 8.00. The summed E-state index contributed by atoms with van der Waals surface area (Å²) in [5, 5.41) is 0. The van der Waals surface area contributed by atoms with Crippen LogP contribution in [0.15, 0.2) is 0 Å². The molecule has 3 nitrogen and oxygen atoms in total. The van der Waals surface area contributed by atoms with Crippen molar-refractivity contribution in [2.24, 2.45) is 0 Å². The summed E-state index contributed by atoms with van der Waals surface area (Å²) in [6.45, 7) is 0. The van der Waals surface area contributed by atoms with Crippen molar-refractivity contribution in [2.45, 2.75) is 6.42 Å². The van der Waals surface area contributed by atoms with Gasteiger partial charge in [-0.3, -0.25) is 0 Å². The van der Waals surface area contributed by atoms with Crippen molar-refractivity contribution in [2.75, 3.05) is 23.5 Å². The highest BCUT2D eigenvalue weighted by Crippen LogP contribution is 2.01. The number of sulfone groups is 1. The number of carbonyl (C=O) groups is 1. The molecule has 0 heterocycles. The van der Waals surface area contributed by atoms with Gasteiger partial charge in [-0.25, -0.2) is 8.42 Å². The van der Waals surface area contributed by atoms with Crippen molar-refractivity contribution in [1.29, 1.82) is 0 Å². The topological polar surface area (TPSA) is 51.2 Å². The molecular weight excluding hydrogens is 184 g/mol. The Morgan fingerprint density at radius 1 is 1.36 bits per heavy atom. The maximum absolute atomic E-state index is 10.6. The third-order valence-electron chi connectivity index (χ3n) is 0.979. The number of hydrogen-bond donors (Lipinski definition) is 0. The Kier molecular flexibility index (Phi) is 5.58. The monoisotopic (exact) mass is 196 g/mol. The van der Waals surface area contributed by atoms with Gasteiger partial charge in [0, 0.05) is 18.4 Å². The van der Waals surface area contributed by atoms with Crippen LogP contribution in [-0.2, 0) is 14.6 Å². The van der Waals surface area contributed by atoms with Crippen molar-refractivity contribution in [1.82, 2.24) is 0 Å². The summed E-state index contributed by atoms with van der Waals surface area (Å²) < 4.78 is 21.2. The molecule has 0 rings (SSSR count). The molecular formula is C6H12O3S2. The van der Waals surface area contributed by atoms with Gasteiger partial charge in [-0.05, 0) is 5.75 Å². The fourth-order valence-corrected chi connectivity index (χ4v) is 2.59. The molecule has 11 heavy (non-hydrogen) atoms. The summed E-state index contributed by atoms with van der Waals surface area (Å²) in [6, 6.07) is 0. The van der Waals surface area contributed by atoms with Gasteiger partial charge in [0.25, 0.3) is 0 Å². The minimum atomic E-state index is -2.82. The Morgan fingerprint density at radius 3 is 2.45 bits per heavy atom. The summed E-state index contributed by atoms with van der Waals surface area (Å²) in [4.78, 5) is 9.83. The van der Waals surface area contributed by atoms with Gasteiger partial charge >= 0.3 is 0 Å². The van der Waals surface area contributed by atoms with Crippen molar-refractivity contribution in [3.8, 4) is 0 Å². The fraction of sp³-hybridized carbons (Fsp3) is 0.833. The molecule has 0 aliphatic heterocycles. The van der Waals surface area contributed by atoms with Crippen molar-refractivity contribution < 1.29 is 13.2 Å². The fourth-order valence-electron chi connectivity index (χ4n) is 0.444. The van der Waals surface area contributed by atoms with Crippen molar-refractivity contribution in [3.05, 3.63) is 0 Å². The SMILES string of the molecule is CS(=O)(=O)CCSCCC=O. The third-order valence-corrected chi connectivity index (χ3v) is 3.20. The summed E-state index contributed by atoms with van der Waals surface area (Å²) in [5.41, 5.74) is 0. The zero-order valence-electron chi connectivity index (χ0n) is 6.45. The van der Waals surface area contributed by atoms with Crippen LogP contribution >= 0.6 is 11.8 Å². The lowest BCUT2D eigenvalue weighted by molar-refractivity contribution is -0.107. The maximum atomic E-state index is 10.6. The van der Waals surface area contributed by atoms with Crippen LogP contribution in [0.1, 0.15) is 6.42 Å². The van der Waals surface area contributed by atoms with E-state index in [1.165, 1.54) is 18.0 Å². The van der Waals surface area contributed by atoms with E-state index in [2.05, 4.69) is 0 Å². The zero-order valence-corrected chi connectivity index (χ0v) is 8.08. The summed E-state index contributed by atoms with van der Waals surface area (Å²) >= 11 is 1.49.